The zero-order valence-corrected chi connectivity index (χ0v) is 10.1. The predicted octanol–water partition coefficient (Wildman–Crippen LogP) is 0.950. The van der Waals surface area contributed by atoms with Crippen LogP contribution in [0.2, 0.25) is 0 Å². The number of oxime groups is 1. The van der Waals surface area contributed by atoms with Gasteiger partial charge in [0.25, 0.3) is 0 Å². The van der Waals surface area contributed by atoms with Gasteiger partial charge < -0.3 is 15.8 Å². The van der Waals surface area contributed by atoms with Crippen molar-refractivity contribution in [3.05, 3.63) is 18.1 Å². The second kappa shape index (κ2) is 4.20. The molecule has 1 aliphatic rings. The summed E-state index contributed by atoms with van der Waals surface area (Å²) < 4.78 is 0. The van der Waals surface area contributed by atoms with E-state index in [9.17, 15) is 0 Å². The summed E-state index contributed by atoms with van der Waals surface area (Å²) in [6, 6.07) is 0. The summed E-state index contributed by atoms with van der Waals surface area (Å²) in [5, 5.41) is 11.8. The maximum absolute atomic E-state index is 8.76. The third-order valence-corrected chi connectivity index (χ3v) is 3.19. The first-order valence-electron chi connectivity index (χ1n) is 5.63. The fourth-order valence-corrected chi connectivity index (χ4v) is 2.26. The van der Waals surface area contributed by atoms with Crippen molar-refractivity contribution >= 4 is 11.7 Å². The molecule has 6 nitrogen and oxygen atoms in total. The topological polar surface area (TPSA) is 87.6 Å². The molecule has 0 aromatic carbocycles. The summed E-state index contributed by atoms with van der Waals surface area (Å²) in [6.07, 6.45) is 5.37. The van der Waals surface area contributed by atoms with Crippen LogP contribution in [0.3, 0.4) is 0 Å². The third kappa shape index (κ3) is 2.02. The third-order valence-electron chi connectivity index (χ3n) is 3.19. The van der Waals surface area contributed by atoms with E-state index in [0.29, 0.717) is 11.5 Å². The normalized spacial score (nSPS) is 19.6. The highest BCUT2D eigenvalue weighted by molar-refractivity contribution is 5.99. The number of nitrogens with two attached hydrogens (primary N) is 1. The Labute approximate surface area is 100 Å². The lowest BCUT2D eigenvalue weighted by Crippen LogP contribution is -2.40. The molecule has 6 heteroatoms. The quantitative estimate of drug-likeness (QED) is 0.345. The van der Waals surface area contributed by atoms with E-state index < -0.39 is 0 Å². The SMILES string of the molecule is CC1(C)CCCN1c1nccnc1C(N)=NO. The van der Waals surface area contributed by atoms with E-state index >= 15 is 0 Å². The molecule has 3 N–H and O–H groups in total. The van der Waals surface area contributed by atoms with Gasteiger partial charge >= 0.3 is 0 Å². The molecule has 0 spiro atoms. The molecule has 0 radical (unpaired) electrons. The highest BCUT2D eigenvalue weighted by Gasteiger charge is 2.34. The number of anilines is 1. The van der Waals surface area contributed by atoms with Crippen molar-refractivity contribution in [2.45, 2.75) is 32.2 Å². The van der Waals surface area contributed by atoms with E-state index in [4.69, 9.17) is 10.9 Å². The summed E-state index contributed by atoms with van der Waals surface area (Å²) in [5.74, 6) is 0.682. The van der Waals surface area contributed by atoms with E-state index in [1.54, 1.807) is 12.4 Å². The first-order chi connectivity index (χ1) is 8.06. The summed E-state index contributed by atoms with van der Waals surface area (Å²) in [7, 11) is 0. The number of rotatable bonds is 2. The zero-order chi connectivity index (χ0) is 12.5. The Kier molecular flexibility index (Phi) is 2.87. The van der Waals surface area contributed by atoms with Gasteiger partial charge in [-0.05, 0) is 26.7 Å². The standard InChI is InChI=1S/C11H17N5O/c1-11(2)4-3-7-16(11)10-8(9(12)15-17)13-5-6-14-10/h5-6,17H,3-4,7H2,1-2H3,(H2,12,15). The smallest absolute Gasteiger partial charge is 0.192 e. The predicted molar refractivity (Wildman–Crippen MR) is 65.2 cm³/mol. The lowest BCUT2D eigenvalue weighted by atomic mass is 10.0. The van der Waals surface area contributed by atoms with Crippen LogP contribution in [-0.4, -0.2) is 33.1 Å². The van der Waals surface area contributed by atoms with Gasteiger partial charge in [-0.15, -0.1) is 0 Å². The van der Waals surface area contributed by atoms with Crippen molar-refractivity contribution in [1.29, 1.82) is 0 Å². The van der Waals surface area contributed by atoms with Crippen LogP contribution < -0.4 is 10.6 Å². The van der Waals surface area contributed by atoms with Gasteiger partial charge in [-0.2, -0.15) is 0 Å². The molecule has 17 heavy (non-hydrogen) atoms. The van der Waals surface area contributed by atoms with Crippen LogP contribution in [0.5, 0.6) is 0 Å². The van der Waals surface area contributed by atoms with Crippen LogP contribution in [0.4, 0.5) is 5.82 Å². The molecule has 1 aromatic rings. The van der Waals surface area contributed by atoms with Crippen molar-refractivity contribution in [2.24, 2.45) is 10.9 Å². The van der Waals surface area contributed by atoms with Gasteiger partial charge in [0.2, 0.25) is 0 Å². The summed E-state index contributed by atoms with van der Waals surface area (Å²) >= 11 is 0. The minimum absolute atomic E-state index is 0.00389. The Morgan fingerprint density at radius 1 is 1.47 bits per heavy atom. The maximum atomic E-state index is 8.76. The second-order valence-corrected chi connectivity index (χ2v) is 4.78. The second-order valence-electron chi connectivity index (χ2n) is 4.78. The molecule has 0 aliphatic carbocycles. The van der Waals surface area contributed by atoms with Gasteiger partial charge in [0.15, 0.2) is 17.3 Å². The Morgan fingerprint density at radius 3 is 2.76 bits per heavy atom. The molecule has 1 saturated heterocycles. The molecule has 0 atom stereocenters. The van der Waals surface area contributed by atoms with Gasteiger partial charge in [0.05, 0.1) is 0 Å². The first kappa shape index (κ1) is 11.6. The highest BCUT2D eigenvalue weighted by Crippen LogP contribution is 2.33. The fourth-order valence-electron chi connectivity index (χ4n) is 2.26. The molecular formula is C11H17N5O. The molecule has 0 saturated carbocycles. The number of amidine groups is 1. The Bertz CT molecular complexity index is 443. The van der Waals surface area contributed by atoms with Crippen LogP contribution in [0.15, 0.2) is 17.5 Å². The van der Waals surface area contributed by atoms with Gasteiger partial charge in [-0.1, -0.05) is 5.16 Å². The van der Waals surface area contributed by atoms with E-state index in [0.717, 1.165) is 19.4 Å². The average molecular weight is 235 g/mol. The van der Waals surface area contributed by atoms with Crippen molar-refractivity contribution in [3.8, 4) is 0 Å². The lowest BCUT2D eigenvalue weighted by molar-refractivity contribution is 0.318. The van der Waals surface area contributed by atoms with Gasteiger partial charge in [-0.25, -0.2) is 9.97 Å². The van der Waals surface area contributed by atoms with Crippen molar-refractivity contribution in [3.63, 3.8) is 0 Å². The average Bonchev–Trinajstić information content (AvgIpc) is 2.68. The summed E-state index contributed by atoms with van der Waals surface area (Å²) in [4.78, 5) is 10.6. The molecule has 2 rings (SSSR count). The van der Waals surface area contributed by atoms with E-state index in [-0.39, 0.29) is 11.4 Å². The minimum Gasteiger partial charge on any atom is -0.409 e. The largest absolute Gasteiger partial charge is 0.409 e. The van der Waals surface area contributed by atoms with Gasteiger partial charge in [-0.3, -0.25) is 0 Å². The number of hydrogen-bond acceptors (Lipinski definition) is 5. The molecule has 0 unspecified atom stereocenters. The summed E-state index contributed by atoms with van der Waals surface area (Å²) in [5.41, 5.74) is 6.09. The van der Waals surface area contributed by atoms with E-state index in [2.05, 4.69) is 33.9 Å². The molecule has 2 heterocycles. The molecule has 1 fully saturated rings. The molecule has 92 valence electrons. The maximum Gasteiger partial charge on any atom is 0.192 e. The molecule has 0 amide bonds. The first-order valence-corrected chi connectivity index (χ1v) is 5.63. The van der Waals surface area contributed by atoms with Crippen molar-refractivity contribution in [2.75, 3.05) is 11.4 Å². The minimum atomic E-state index is -0.00389. The van der Waals surface area contributed by atoms with Gasteiger partial charge in [0, 0.05) is 24.5 Å². The van der Waals surface area contributed by atoms with Crippen LogP contribution >= 0.6 is 0 Å². The van der Waals surface area contributed by atoms with Crippen LogP contribution in [0, 0.1) is 0 Å². The number of aromatic nitrogens is 2. The Morgan fingerprint density at radius 2 is 2.18 bits per heavy atom. The van der Waals surface area contributed by atoms with Crippen molar-refractivity contribution < 1.29 is 5.21 Å². The molecule has 1 aromatic heterocycles. The molecule has 0 bridgehead atoms. The zero-order valence-electron chi connectivity index (χ0n) is 10.1. The van der Waals surface area contributed by atoms with E-state index in [1.165, 1.54) is 0 Å². The van der Waals surface area contributed by atoms with Gasteiger partial charge in [0.1, 0.15) is 0 Å². The lowest BCUT2D eigenvalue weighted by Gasteiger charge is -2.33. The van der Waals surface area contributed by atoms with Crippen LogP contribution in [0.25, 0.3) is 0 Å². The van der Waals surface area contributed by atoms with E-state index in [1.807, 2.05) is 0 Å². The fraction of sp³-hybridized carbons (Fsp3) is 0.545. The number of nitrogens with zero attached hydrogens (tertiary/aromatic N) is 4. The van der Waals surface area contributed by atoms with Crippen LogP contribution in [0.1, 0.15) is 32.4 Å². The number of hydrogen-bond donors (Lipinski definition) is 2. The van der Waals surface area contributed by atoms with Crippen molar-refractivity contribution in [1.82, 2.24) is 9.97 Å². The molecule has 1 aliphatic heterocycles. The Balaban J connectivity index is 2.45. The van der Waals surface area contributed by atoms with Crippen LogP contribution in [-0.2, 0) is 0 Å². The highest BCUT2D eigenvalue weighted by atomic mass is 16.4. The Hall–Kier alpha value is -1.85. The summed E-state index contributed by atoms with van der Waals surface area (Å²) in [6.45, 7) is 5.23. The monoisotopic (exact) mass is 235 g/mol. The molecular weight excluding hydrogens is 218 g/mol.